The number of ether oxygens (including phenoxy) is 1. The van der Waals surface area contributed by atoms with E-state index < -0.39 is 24.4 Å². The Morgan fingerprint density at radius 2 is 2.21 bits per heavy atom. The van der Waals surface area contributed by atoms with Crippen molar-refractivity contribution in [2.45, 2.75) is 25.7 Å². The topological polar surface area (TPSA) is 117 Å². The second-order valence-electron chi connectivity index (χ2n) is 7.94. The number of aromatic nitrogens is 2. The highest BCUT2D eigenvalue weighted by atomic mass is 19.3. The molecule has 1 amide bonds. The highest BCUT2D eigenvalue weighted by Gasteiger charge is 2.28. The van der Waals surface area contributed by atoms with Crippen LogP contribution in [0.1, 0.15) is 12.0 Å². The van der Waals surface area contributed by atoms with E-state index in [4.69, 9.17) is 5.73 Å². The van der Waals surface area contributed by atoms with Gasteiger partial charge in [-0.1, -0.05) is 12.1 Å². The predicted molar refractivity (Wildman–Crippen MR) is 115 cm³/mol. The minimum absolute atomic E-state index is 0.00611. The van der Waals surface area contributed by atoms with Crippen molar-refractivity contribution in [2.24, 2.45) is 11.7 Å². The molecular weight excluding hydrogens is 441 g/mol. The van der Waals surface area contributed by atoms with Crippen molar-refractivity contribution in [3.05, 3.63) is 42.0 Å². The van der Waals surface area contributed by atoms with Gasteiger partial charge in [-0.3, -0.25) is 9.69 Å². The van der Waals surface area contributed by atoms with Gasteiger partial charge in [-0.05, 0) is 30.7 Å². The van der Waals surface area contributed by atoms with Crippen molar-refractivity contribution in [1.82, 2.24) is 14.9 Å². The molecule has 1 aromatic carbocycles. The number of nitrogens with one attached hydrogen (secondary N) is 1. The van der Waals surface area contributed by atoms with Gasteiger partial charge >= 0.3 is 6.61 Å². The van der Waals surface area contributed by atoms with Crippen LogP contribution >= 0.6 is 0 Å². The molecule has 0 spiro atoms. The largest absolute Gasteiger partial charge is 0.435 e. The number of alkyl halides is 2. The van der Waals surface area contributed by atoms with E-state index in [1.54, 1.807) is 24.1 Å². The number of β-amino-alcohol motifs (C(OH)–C–C–N with tert-alkyl or cyclic N) is 1. The summed E-state index contributed by atoms with van der Waals surface area (Å²) in [7, 11) is 1.62. The van der Waals surface area contributed by atoms with E-state index in [0.717, 1.165) is 0 Å². The van der Waals surface area contributed by atoms with Crippen LogP contribution in [0.25, 0.3) is 0 Å². The number of amides is 1. The fourth-order valence-corrected chi connectivity index (χ4v) is 3.79. The van der Waals surface area contributed by atoms with Crippen LogP contribution < -0.4 is 20.7 Å². The molecule has 2 heterocycles. The van der Waals surface area contributed by atoms with Crippen molar-refractivity contribution in [2.75, 3.05) is 43.4 Å². The first-order valence-electron chi connectivity index (χ1n) is 10.4. The van der Waals surface area contributed by atoms with Crippen LogP contribution in [-0.4, -0.2) is 71.8 Å². The maximum absolute atomic E-state index is 15.1. The van der Waals surface area contributed by atoms with Crippen molar-refractivity contribution >= 4 is 17.5 Å². The molecule has 12 heteroatoms. The third kappa shape index (κ3) is 6.93. The number of hydrogen-bond acceptors (Lipinski definition) is 8. The molecule has 0 saturated carbocycles. The number of anilines is 2. The zero-order valence-corrected chi connectivity index (χ0v) is 18.1. The predicted octanol–water partition coefficient (Wildman–Crippen LogP) is 1.43. The second-order valence-corrected chi connectivity index (χ2v) is 7.94. The number of benzene rings is 1. The van der Waals surface area contributed by atoms with Gasteiger partial charge in [0.2, 0.25) is 11.7 Å². The molecule has 180 valence electrons. The van der Waals surface area contributed by atoms with Crippen molar-refractivity contribution in [3.63, 3.8) is 0 Å². The minimum atomic E-state index is -2.93. The number of halogens is 3. The number of piperidine rings is 1. The van der Waals surface area contributed by atoms with Crippen LogP contribution in [-0.2, 0) is 11.3 Å². The number of nitrogens with two attached hydrogens (primary N) is 1. The van der Waals surface area contributed by atoms with Crippen LogP contribution in [0.5, 0.6) is 5.75 Å². The maximum Gasteiger partial charge on any atom is 0.387 e. The normalized spacial score (nSPS) is 18.8. The highest BCUT2D eigenvalue weighted by Crippen LogP contribution is 2.25. The summed E-state index contributed by atoms with van der Waals surface area (Å²) >= 11 is 0. The van der Waals surface area contributed by atoms with Gasteiger partial charge in [0.15, 0.2) is 11.6 Å². The van der Waals surface area contributed by atoms with Gasteiger partial charge in [-0.25, -0.2) is 9.97 Å². The van der Waals surface area contributed by atoms with E-state index in [2.05, 4.69) is 20.0 Å². The number of primary amides is 1. The molecule has 2 atom stereocenters. The Morgan fingerprint density at radius 3 is 2.91 bits per heavy atom. The molecule has 0 bridgehead atoms. The highest BCUT2D eigenvalue weighted by molar-refractivity contribution is 5.75. The van der Waals surface area contributed by atoms with Crippen LogP contribution in [0.15, 0.2) is 30.6 Å². The SMILES string of the molecule is CN(Cc1cccc(OC(F)F)c1)c1ncnc(NCC2CCN(CC(N)=O)CC2O)c1F. The Balaban J connectivity index is 1.61. The molecule has 4 N–H and O–H groups in total. The Hall–Kier alpha value is -3.12. The molecular formula is C21H27F3N6O3. The third-order valence-corrected chi connectivity index (χ3v) is 5.39. The number of likely N-dealkylation sites (tertiary alicyclic amines) is 1. The molecule has 2 aromatic rings. The Morgan fingerprint density at radius 1 is 1.42 bits per heavy atom. The van der Waals surface area contributed by atoms with Crippen LogP contribution in [0, 0.1) is 11.7 Å². The van der Waals surface area contributed by atoms with Crippen LogP contribution in [0.4, 0.5) is 24.8 Å². The molecule has 0 radical (unpaired) electrons. The Bertz CT molecular complexity index is 951. The van der Waals surface area contributed by atoms with Crippen molar-refractivity contribution in [1.29, 1.82) is 0 Å². The smallest absolute Gasteiger partial charge is 0.387 e. The fraction of sp³-hybridized carbons (Fsp3) is 0.476. The summed E-state index contributed by atoms with van der Waals surface area (Å²) < 4.78 is 44.3. The van der Waals surface area contributed by atoms with Gasteiger partial charge in [-0.15, -0.1) is 0 Å². The number of rotatable bonds is 10. The summed E-state index contributed by atoms with van der Waals surface area (Å²) in [4.78, 5) is 22.3. The lowest BCUT2D eigenvalue weighted by atomic mass is 9.94. The van der Waals surface area contributed by atoms with E-state index in [1.807, 2.05) is 0 Å². The van der Waals surface area contributed by atoms with E-state index in [1.165, 1.54) is 23.4 Å². The lowest BCUT2D eigenvalue weighted by Crippen LogP contribution is -2.48. The van der Waals surface area contributed by atoms with Gasteiger partial charge in [0, 0.05) is 32.6 Å². The minimum Gasteiger partial charge on any atom is -0.435 e. The molecule has 33 heavy (non-hydrogen) atoms. The number of carbonyl (C=O) groups excluding carboxylic acids is 1. The zero-order chi connectivity index (χ0) is 24.0. The van der Waals surface area contributed by atoms with E-state index in [0.29, 0.717) is 25.1 Å². The molecule has 1 aliphatic rings. The van der Waals surface area contributed by atoms with Crippen LogP contribution in [0.3, 0.4) is 0 Å². The van der Waals surface area contributed by atoms with Gasteiger partial charge in [0.25, 0.3) is 0 Å². The first kappa shape index (κ1) is 24.5. The third-order valence-electron chi connectivity index (χ3n) is 5.39. The summed E-state index contributed by atoms with van der Waals surface area (Å²) in [6.07, 6.45) is 1.14. The fourth-order valence-electron chi connectivity index (χ4n) is 3.79. The molecule has 2 unspecified atom stereocenters. The Kier molecular flexibility index (Phi) is 8.28. The van der Waals surface area contributed by atoms with Crippen molar-refractivity contribution in [3.8, 4) is 5.75 Å². The average Bonchev–Trinajstić information content (AvgIpc) is 2.73. The van der Waals surface area contributed by atoms with E-state index in [9.17, 15) is 18.7 Å². The lowest BCUT2D eigenvalue weighted by Gasteiger charge is -2.35. The van der Waals surface area contributed by atoms with E-state index in [-0.39, 0.29) is 42.9 Å². The first-order valence-corrected chi connectivity index (χ1v) is 10.4. The summed E-state index contributed by atoms with van der Waals surface area (Å²) in [6.45, 7) is -1.45. The second kappa shape index (κ2) is 11.1. The first-order chi connectivity index (χ1) is 15.7. The summed E-state index contributed by atoms with van der Waals surface area (Å²) in [5.41, 5.74) is 5.83. The number of nitrogens with zero attached hydrogens (tertiary/aromatic N) is 4. The molecule has 0 aliphatic carbocycles. The number of carbonyl (C=O) groups is 1. The van der Waals surface area contributed by atoms with Gasteiger partial charge < -0.3 is 25.8 Å². The van der Waals surface area contributed by atoms with Gasteiger partial charge in [0.1, 0.15) is 12.1 Å². The number of aliphatic hydroxyl groups excluding tert-OH is 1. The molecule has 1 fully saturated rings. The zero-order valence-electron chi connectivity index (χ0n) is 18.1. The summed E-state index contributed by atoms with van der Waals surface area (Å²) in [6, 6.07) is 6.14. The standard InChI is InChI=1S/C21H27F3N6O3/c1-29(9-13-3-2-4-15(7-13)33-21(23)24)20-18(22)19(27-12-28-20)26-8-14-5-6-30(10-16(14)31)11-17(25)32/h2-4,7,12,14,16,21,31H,5-6,8-11H2,1H3,(H2,25,32)(H,26,27,28). The molecule has 1 aromatic heterocycles. The Labute approximate surface area is 189 Å². The quantitative estimate of drug-likeness (QED) is 0.480. The molecule has 3 rings (SSSR count). The van der Waals surface area contributed by atoms with Gasteiger partial charge in [0.05, 0.1) is 12.6 Å². The van der Waals surface area contributed by atoms with E-state index >= 15 is 4.39 Å². The number of hydrogen-bond donors (Lipinski definition) is 3. The lowest BCUT2D eigenvalue weighted by molar-refractivity contribution is -0.120. The molecule has 1 aliphatic heterocycles. The molecule has 9 nitrogen and oxygen atoms in total. The average molecular weight is 468 g/mol. The summed E-state index contributed by atoms with van der Waals surface area (Å²) in [5.74, 6) is -1.23. The summed E-state index contributed by atoms with van der Waals surface area (Å²) in [5, 5.41) is 13.3. The number of aliphatic hydroxyl groups is 1. The van der Waals surface area contributed by atoms with Gasteiger partial charge in [-0.2, -0.15) is 13.2 Å². The molecule has 1 saturated heterocycles. The van der Waals surface area contributed by atoms with Crippen LogP contribution in [0.2, 0.25) is 0 Å². The maximum atomic E-state index is 15.1. The van der Waals surface area contributed by atoms with Crippen molar-refractivity contribution < 1.29 is 27.8 Å². The monoisotopic (exact) mass is 468 g/mol.